The molecule has 0 radical (unpaired) electrons. The van der Waals surface area contributed by atoms with E-state index < -0.39 is 0 Å². The zero-order valence-corrected chi connectivity index (χ0v) is 17.0. The third-order valence-corrected chi connectivity index (χ3v) is 4.12. The van der Waals surface area contributed by atoms with Crippen molar-refractivity contribution >= 4 is 5.97 Å². The lowest BCUT2D eigenvalue weighted by Gasteiger charge is -2.07. The first kappa shape index (κ1) is 24.4. The molecule has 25 heavy (non-hydrogen) atoms. The van der Waals surface area contributed by atoms with Crippen molar-refractivity contribution in [2.24, 2.45) is 5.92 Å². The minimum Gasteiger partial charge on any atom is -0.466 e. The molecular formula is C21H42O4. The van der Waals surface area contributed by atoms with Gasteiger partial charge in [-0.05, 0) is 25.2 Å². The Bertz CT molecular complexity index is 279. The normalized spacial score (nSPS) is 11.2. The summed E-state index contributed by atoms with van der Waals surface area (Å²) in [6, 6.07) is 0. The number of ether oxygens (including phenoxy) is 3. The molecule has 4 nitrogen and oxygen atoms in total. The van der Waals surface area contributed by atoms with Gasteiger partial charge in [-0.1, -0.05) is 65.7 Å². The number of carbonyl (C=O) groups excluding carboxylic acids is 1. The van der Waals surface area contributed by atoms with Crippen LogP contribution in [0, 0.1) is 5.92 Å². The third kappa shape index (κ3) is 21.3. The van der Waals surface area contributed by atoms with E-state index in [1.807, 2.05) is 0 Å². The highest BCUT2D eigenvalue weighted by Crippen LogP contribution is 2.09. The minimum absolute atomic E-state index is 0.0991. The molecule has 0 aromatic heterocycles. The zero-order valence-electron chi connectivity index (χ0n) is 17.0. The first-order chi connectivity index (χ1) is 12.2. The summed E-state index contributed by atoms with van der Waals surface area (Å²) in [4.78, 5) is 11.6. The van der Waals surface area contributed by atoms with Gasteiger partial charge < -0.3 is 14.2 Å². The van der Waals surface area contributed by atoms with Gasteiger partial charge in [0.15, 0.2) is 0 Å². The Balaban J connectivity index is 3.15. The molecule has 0 aliphatic carbocycles. The first-order valence-corrected chi connectivity index (χ1v) is 10.5. The van der Waals surface area contributed by atoms with Gasteiger partial charge >= 0.3 is 5.97 Å². The molecule has 0 aliphatic heterocycles. The van der Waals surface area contributed by atoms with E-state index in [0.29, 0.717) is 32.8 Å². The van der Waals surface area contributed by atoms with Crippen LogP contribution in [-0.2, 0) is 19.0 Å². The fourth-order valence-corrected chi connectivity index (χ4v) is 2.54. The highest BCUT2D eigenvalue weighted by molar-refractivity contribution is 5.69. The predicted molar refractivity (Wildman–Crippen MR) is 104 cm³/mol. The molecule has 0 saturated carbocycles. The van der Waals surface area contributed by atoms with E-state index in [1.54, 1.807) is 0 Å². The molecule has 0 aliphatic rings. The quantitative estimate of drug-likeness (QED) is 0.225. The molecule has 0 amide bonds. The Hall–Kier alpha value is -0.610. The number of unbranched alkanes of at least 4 members (excludes halogenated alkanes) is 6. The van der Waals surface area contributed by atoms with E-state index in [0.717, 1.165) is 38.2 Å². The van der Waals surface area contributed by atoms with Crippen LogP contribution in [0.5, 0.6) is 0 Å². The Kier molecular flexibility index (Phi) is 19.2. The van der Waals surface area contributed by atoms with Gasteiger partial charge in [0.05, 0.1) is 19.8 Å². The predicted octanol–water partition coefficient (Wildman–Crippen LogP) is 5.53. The molecule has 0 aromatic carbocycles. The van der Waals surface area contributed by atoms with E-state index in [2.05, 4.69) is 20.8 Å². The molecule has 0 spiro atoms. The third-order valence-electron chi connectivity index (χ3n) is 4.12. The van der Waals surface area contributed by atoms with Gasteiger partial charge in [-0.15, -0.1) is 0 Å². The van der Waals surface area contributed by atoms with Crippen molar-refractivity contribution in [1.82, 2.24) is 0 Å². The van der Waals surface area contributed by atoms with Gasteiger partial charge in [0.2, 0.25) is 0 Å². The van der Waals surface area contributed by atoms with Crippen LogP contribution in [0.3, 0.4) is 0 Å². The van der Waals surface area contributed by atoms with Crippen LogP contribution in [0.25, 0.3) is 0 Å². The minimum atomic E-state index is -0.0991. The maximum atomic E-state index is 11.6. The summed E-state index contributed by atoms with van der Waals surface area (Å²) in [5.74, 6) is 0.690. The number of esters is 1. The fraction of sp³-hybridized carbons (Fsp3) is 0.952. The Morgan fingerprint density at radius 1 is 0.720 bits per heavy atom. The SMILES string of the molecule is CCCCCCOCCOCCCC(=O)OCCCCCCC(C)C. The van der Waals surface area contributed by atoms with E-state index in [9.17, 15) is 4.79 Å². The van der Waals surface area contributed by atoms with Crippen LogP contribution >= 0.6 is 0 Å². The van der Waals surface area contributed by atoms with Crippen molar-refractivity contribution in [3.8, 4) is 0 Å². The smallest absolute Gasteiger partial charge is 0.305 e. The summed E-state index contributed by atoms with van der Waals surface area (Å²) >= 11 is 0. The monoisotopic (exact) mass is 358 g/mol. The van der Waals surface area contributed by atoms with Crippen molar-refractivity contribution in [2.75, 3.05) is 33.0 Å². The van der Waals surface area contributed by atoms with Crippen molar-refractivity contribution < 1.29 is 19.0 Å². The molecule has 0 aromatic rings. The van der Waals surface area contributed by atoms with Crippen LogP contribution < -0.4 is 0 Å². The Labute approximate surface area is 156 Å². The molecule has 0 saturated heterocycles. The largest absolute Gasteiger partial charge is 0.466 e. The Morgan fingerprint density at radius 3 is 2.00 bits per heavy atom. The summed E-state index contributed by atoms with van der Waals surface area (Å²) in [5.41, 5.74) is 0. The van der Waals surface area contributed by atoms with Crippen molar-refractivity contribution in [3.05, 3.63) is 0 Å². The molecule has 0 unspecified atom stereocenters. The zero-order chi connectivity index (χ0) is 18.6. The number of hydrogen-bond donors (Lipinski definition) is 0. The lowest BCUT2D eigenvalue weighted by molar-refractivity contribution is -0.144. The van der Waals surface area contributed by atoms with Crippen LogP contribution in [0.2, 0.25) is 0 Å². The molecule has 0 N–H and O–H groups in total. The summed E-state index contributed by atoms with van der Waals surface area (Å²) in [6.07, 6.45) is 12.1. The van der Waals surface area contributed by atoms with Crippen LogP contribution in [0.15, 0.2) is 0 Å². The van der Waals surface area contributed by atoms with Gasteiger partial charge in [0, 0.05) is 19.6 Å². The summed E-state index contributed by atoms with van der Waals surface area (Å²) in [6.45, 7) is 9.97. The Morgan fingerprint density at radius 2 is 1.32 bits per heavy atom. The molecule has 0 heterocycles. The van der Waals surface area contributed by atoms with Gasteiger partial charge in [0.1, 0.15) is 0 Å². The lowest BCUT2D eigenvalue weighted by Crippen LogP contribution is -2.09. The number of hydrogen-bond acceptors (Lipinski definition) is 4. The molecule has 0 rings (SSSR count). The average Bonchev–Trinajstić information content (AvgIpc) is 2.58. The van der Waals surface area contributed by atoms with Gasteiger partial charge in [0.25, 0.3) is 0 Å². The van der Waals surface area contributed by atoms with E-state index in [4.69, 9.17) is 14.2 Å². The van der Waals surface area contributed by atoms with Crippen molar-refractivity contribution in [2.45, 2.75) is 91.4 Å². The van der Waals surface area contributed by atoms with Crippen LogP contribution in [-0.4, -0.2) is 39.0 Å². The topological polar surface area (TPSA) is 44.8 Å². The molecule has 0 fully saturated rings. The second-order valence-corrected chi connectivity index (χ2v) is 7.21. The van der Waals surface area contributed by atoms with Crippen molar-refractivity contribution in [3.63, 3.8) is 0 Å². The second-order valence-electron chi connectivity index (χ2n) is 7.21. The van der Waals surface area contributed by atoms with E-state index >= 15 is 0 Å². The van der Waals surface area contributed by atoms with Gasteiger partial charge in [-0.25, -0.2) is 0 Å². The average molecular weight is 359 g/mol. The van der Waals surface area contributed by atoms with Gasteiger partial charge in [-0.3, -0.25) is 4.79 Å². The molecule has 150 valence electrons. The first-order valence-electron chi connectivity index (χ1n) is 10.5. The highest BCUT2D eigenvalue weighted by Gasteiger charge is 2.02. The second kappa shape index (κ2) is 19.7. The number of rotatable bonds is 19. The highest BCUT2D eigenvalue weighted by atomic mass is 16.5. The van der Waals surface area contributed by atoms with E-state index in [1.165, 1.54) is 38.5 Å². The maximum Gasteiger partial charge on any atom is 0.305 e. The maximum absolute atomic E-state index is 11.6. The van der Waals surface area contributed by atoms with Crippen LogP contribution in [0.1, 0.15) is 91.4 Å². The van der Waals surface area contributed by atoms with Crippen LogP contribution in [0.4, 0.5) is 0 Å². The summed E-state index contributed by atoms with van der Waals surface area (Å²) in [7, 11) is 0. The number of carbonyl (C=O) groups is 1. The summed E-state index contributed by atoms with van der Waals surface area (Å²) in [5, 5.41) is 0. The molecule has 4 heteroatoms. The molecular weight excluding hydrogens is 316 g/mol. The summed E-state index contributed by atoms with van der Waals surface area (Å²) < 4.78 is 16.2. The molecule has 0 bridgehead atoms. The van der Waals surface area contributed by atoms with Gasteiger partial charge in [-0.2, -0.15) is 0 Å². The molecule has 0 atom stereocenters. The standard InChI is InChI=1S/C21H42O4/c1-4-5-6-10-15-23-18-19-24-16-12-14-21(22)25-17-11-8-7-9-13-20(2)3/h20H,4-19H2,1-3H3. The van der Waals surface area contributed by atoms with E-state index in [-0.39, 0.29) is 5.97 Å². The fourth-order valence-electron chi connectivity index (χ4n) is 2.54. The van der Waals surface area contributed by atoms with Crippen molar-refractivity contribution in [1.29, 1.82) is 0 Å². The lowest BCUT2D eigenvalue weighted by atomic mass is 10.0.